The molecule has 0 saturated heterocycles. The number of likely N-dealkylation sites (N-methyl/N-ethyl adjacent to an activating group) is 2. The van der Waals surface area contributed by atoms with Gasteiger partial charge in [-0.3, -0.25) is 4.79 Å². The van der Waals surface area contributed by atoms with Gasteiger partial charge in [0.15, 0.2) is 0 Å². The van der Waals surface area contributed by atoms with Crippen molar-refractivity contribution in [3.63, 3.8) is 0 Å². The molecule has 0 aromatic carbocycles. The first kappa shape index (κ1) is 9.52. The Bertz CT molecular complexity index is 136. The molecule has 3 nitrogen and oxygen atoms in total. The van der Waals surface area contributed by atoms with Crippen LogP contribution in [0.25, 0.3) is 0 Å². The summed E-state index contributed by atoms with van der Waals surface area (Å²) in [5.41, 5.74) is 1.34. The third kappa shape index (κ3) is 3.53. The van der Waals surface area contributed by atoms with Crippen LogP contribution in [0.2, 0.25) is 0 Å². The predicted octanol–water partition coefficient (Wildman–Crippen LogP) is -0.0364. The second-order valence-corrected chi connectivity index (χ2v) is 2.56. The zero-order valence-electron chi connectivity index (χ0n) is 6.50. The van der Waals surface area contributed by atoms with Crippen molar-refractivity contribution in [3.8, 4) is 0 Å². The van der Waals surface area contributed by atoms with Crippen LogP contribution in [0.3, 0.4) is 0 Å². The summed E-state index contributed by atoms with van der Waals surface area (Å²) in [5.74, 6) is 0.0139. The highest BCUT2D eigenvalue weighted by atomic mass is 32.1. The second-order valence-electron chi connectivity index (χ2n) is 2.35. The van der Waals surface area contributed by atoms with Gasteiger partial charge in [-0.05, 0) is 14.1 Å². The molecule has 0 saturated carbocycles. The summed E-state index contributed by atoms with van der Waals surface area (Å²) in [5, 5.41) is 0. The zero-order valence-corrected chi connectivity index (χ0v) is 7.31. The highest BCUT2D eigenvalue weighted by Crippen LogP contribution is 1.82. The van der Waals surface area contributed by atoms with Crippen molar-refractivity contribution in [1.82, 2.24) is 9.80 Å². The zero-order chi connectivity index (χ0) is 8.15. The van der Waals surface area contributed by atoms with E-state index in [9.17, 15) is 4.79 Å². The minimum atomic E-state index is 0.0139. The van der Waals surface area contributed by atoms with Crippen molar-refractivity contribution in [2.75, 3.05) is 27.7 Å². The number of hydrogen-bond acceptors (Lipinski definition) is 3. The third-order valence-corrected chi connectivity index (χ3v) is 1.32. The molecular weight excluding hydrogens is 148 g/mol. The summed E-state index contributed by atoms with van der Waals surface area (Å²) >= 11 is 4.57. The van der Waals surface area contributed by atoms with Gasteiger partial charge in [0.1, 0.15) is 0 Å². The molecule has 0 spiro atoms. The van der Waals surface area contributed by atoms with Crippen LogP contribution in [0.15, 0.2) is 0 Å². The lowest BCUT2D eigenvalue weighted by atomic mass is 10.5. The van der Waals surface area contributed by atoms with Crippen molar-refractivity contribution in [2.24, 2.45) is 0 Å². The Morgan fingerprint density at radius 1 is 1.50 bits per heavy atom. The van der Waals surface area contributed by atoms with Gasteiger partial charge >= 0.3 is 0 Å². The molecule has 0 rings (SSSR count). The Kier molecular flexibility index (Phi) is 4.14. The van der Waals surface area contributed by atoms with Crippen LogP contribution < -0.4 is 0 Å². The summed E-state index contributed by atoms with van der Waals surface area (Å²) in [6.07, 6.45) is 0. The molecule has 0 heterocycles. The van der Waals surface area contributed by atoms with E-state index in [4.69, 9.17) is 0 Å². The maximum Gasteiger partial charge on any atom is 0.241 e. The largest absolute Gasteiger partial charge is 0.311 e. The summed E-state index contributed by atoms with van der Waals surface area (Å²) in [4.78, 5) is 14.2. The minimum absolute atomic E-state index is 0.0139. The Hall–Kier alpha value is -0.480. The number of carbonyl (C=O) groups excluding carboxylic acids is 1. The highest BCUT2D eigenvalue weighted by Gasteiger charge is 2.05. The van der Waals surface area contributed by atoms with Gasteiger partial charge in [0.25, 0.3) is 0 Å². The predicted molar refractivity (Wildman–Crippen MR) is 45.0 cm³/mol. The van der Waals surface area contributed by atoms with Crippen LogP contribution in [0.1, 0.15) is 0 Å². The van der Waals surface area contributed by atoms with Gasteiger partial charge in [-0.1, -0.05) is 12.2 Å². The first-order chi connectivity index (χ1) is 4.57. The van der Waals surface area contributed by atoms with Crippen molar-refractivity contribution < 1.29 is 4.79 Å². The van der Waals surface area contributed by atoms with Gasteiger partial charge in [-0.25, -0.2) is 0 Å². The van der Waals surface area contributed by atoms with E-state index in [1.165, 1.54) is 10.4 Å². The molecule has 0 aliphatic heterocycles. The topological polar surface area (TPSA) is 23.6 Å². The molecule has 0 aromatic rings. The summed E-state index contributed by atoms with van der Waals surface area (Å²) in [7, 11) is 5.34. The molecule has 0 N–H and O–H groups in total. The van der Waals surface area contributed by atoms with Gasteiger partial charge in [0.2, 0.25) is 5.91 Å². The molecule has 0 fully saturated rings. The monoisotopic (exact) mass is 160 g/mol. The van der Waals surface area contributed by atoms with Gasteiger partial charge < -0.3 is 9.80 Å². The van der Waals surface area contributed by atoms with E-state index in [1.807, 2.05) is 14.1 Å². The Morgan fingerprint density at radius 3 is 2.30 bits per heavy atom. The van der Waals surface area contributed by atoms with E-state index in [-0.39, 0.29) is 5.91 Å². The summed E-state index contributed by atoms with van der Waals surface area (Å²) in [6.45, 7) is 0.406. The average Bonchev–Trinajstić information content (AvgIpc) is 1.85. The van der Waals surface area contributed by atoms with Crippen LogP contribution >= 0.6 is 12.2 Å². The quantitative estimate of drug-likeness (QED) is 0.541. The van der Waals surface area contributed by atoms with E-state index in [2.05, 4.69) is 12.2 Å². The fourth-order valence-corrected chi connectivity index (χ4v) is 0.558. The number of hydrogen-bond donors (Lipinski definition) is 0. The van der Waals surface area contributed by atoms with Crippen LogP contribution in [-0.2, 0) is 4.79 Å². The molecule has 0 aliphatic carbocycles. The van der Waals surface area contributed by atoms with Crippen LogP contribution in [0.5, 0.6) is 0 Å². The molecule has 0 aromatic heterocycles. The van der Waals surface area contributed by atoms with Crippen LogP contribution in [0.4, 0.5) is 0 Å². The smallest absolute Gasteiger partial charge is 0.241 e. The normalized spacial score (nSPS) is 9.60. The van der Waals surface area contributed by atoms with Crippen molar-refractivity contribution in [2.45, 2.75) is 0 Å². The maximum atomic E-state index is 11.0. The fraction of sp³-hybridized carbons (Fsp3) is 0.667. The van der Waals surface area contributed by atoms with E-state index in [1.54, 1.807) is 11.9 Å². The van der Waals surface area contributed by atoms with Gasteiger partial charge in [-0.2, -0.15) is 0 Å². The highest BCUT2D eigenvalue weighted by molar-refractivity contribution is 7.78. The molecular formula is C6H12N2OS. The average molecular weight is 160 g/mol. The maximum absolute atomic E-state index is 11.0. The van der Waals surface area contributed by atoms with E-state index >= 15 is 0 Å². The Morgan fingerprint density at radius 2 is 2.00 bits per heavy atom. The third-order valence-electron chi connectivity index (χ3n) is 1.00. The molecule has 0 bridgehead atoms. The number of thiocarbonyl (C=S) groups is 1. The van der Waals surface area contributed by atoms with Crippen molar-refractivity contribution in [3.05, 3.63) is 0 Å². The molecule has 4 heteroatoms. The van der Waals surface area contributed by atoms with E-state index in [0.29, 0.717) is 6.54 Å². The van der Waals surface area contributed by atoms with Gasteiger partial charge in [0, 0.05) is 7.05 Å². The van der Waals surface area contributed by atoms with E-state index < -0.39 is 0 Å². The fourth-order valence-electron chi connectivity index (χ4n) is 0.441. The number of rotatable bonds is 3. The molecule has 10 heavy (non-hydrogen) atoms. The number of nitrogens with zero attached hydrogens (tertiary/aromatic N) is 2. The second kappa shape index (κ2) is 4.35. The molecule has 0 atom stereocenters. The van der Waals surface area contributed by atoms with Crippen LogP contribution in [-0.4, -0.2) is 48.9 Å². The number of carbonyl (C=O) groups is 1. The minimum Gasteiger partial charge on any atom is -0.311 e. The van der Waals surface area contributed by atoms with Gasteiger partial charge in [0.05, 0.1) is 12.0 Å². The molecule has 0 radical (unpaired) electrons. The van der Waals surface area contributed by atoms with Crippen molar-refractivity contribution >= 4 is 23.6 Å². The van der Waals surface area contributed by atoms with Crippen molar-refractivity contribution in [1.29, 1.82) is 0 Å². The lowest BCUT2D eigenvalue weighted by Crippen LogP contribution is -2.33. The summed E-state index contributed by atoms with van der Waals surface area (Å²) < 4.78 is 0. The first-order valence-electron chi connectivity index (χ1n) is 2.93. The molecule has 0 unspecified atom stereocenters. The molecule has 0 aliphatic rings. The standard InChI is InChI=1S/C6H12N2OS/c1-7(2)4-6(9)8(3)5-10/h5H,4H2,1-3H3. The number of amides is 1. The lowest BCUT2D eigenvalue weighted by Gasteiger charge is -2.13. The van der Waals surface area contributed by atoms with Gasteiger partial charge in [-0.15, -0.1) is 0 Å². The Balaban J connectivity index is 3.73. The Labute approximate surface area is 66.6 Å². The van der Waals surface area contributed by atoms with Crippen LogP contribution in [0, 0.1) is 0 Å². The van der Waals surface area contributed by atoms with E-state index in [0.717, 1.165) is 0 Å². The molecule has 1 amide bonds. The first-order valence-corrected chi connectivity index (χ1v) is 3.40. The summed E-state index contributed by atoms with van der Waals surface area (Å²) in [6, 6.07) is 0. The SMILES string of the molecule is CN(C)CC(=O)N(C)C=S. The molecule has 58 valence electrons. The lowest BCUT2D eigenvalue weighted by molar-refractivity contribution is -0.126.